The molecule has 0 aliphatic heterocycles. The maximum atomic E-state index is 4.23. The lowest BCUT2D eigenvalue weighted by Crippen LogP contribution is -1.94. The molecule has 1 aromatic heterocycles. The first-order chi connectivity index (χ1) is 7.75. The number of hydrogen-bond donors (Lipinski definition) is 1. The molecular weight excluding hydrogens is 196 g/mol. The van der Waals surface area contributed by atoms with Crippen LogP contribution in [0.25, 0.3) is 0 Å². The van der Waals surface area contributed by atoms with Gasteiger partial charge in [0.15, 0.2) is 0 Å². The number of rotatable bonds is 4. The number of aryl methyl sites for hydroxylation is 4. The van der Waals surface area contributed by atoms with Crippen LogP contribution >= 0.6 is 0 Å². The molecule has 1 heterocycles. The molecule has 2 rings (SSSR count). The van der Waals surface area contributed by atoms with Gasteiger partial charge in [-0.15, -0.1) is 0 Å². The van der Waals surface area contributed by atoms with E-state index in [4.69, 9.17) is 0 Å². The Kier molecular flexibility index (Phi) is 3.40. The summed E-state index contributed by atoms with van der Waals surface area (Å²) in [5.41, 5.74) is 4.20. The Bertz CT molecular complexity index is 444. The summed E-state index contributed by atoms with van der Waals surface area (Å²) < 4.78 is 0. The summed E-state index contributed by atoms with van der Waals surface area (Å²) >= 11 is 0. The third-order valence-corrected chi connectivity index (χ3v) is 2.91. The molecule has 0 amide bonds. The highest BCUT2D eigenvalue weighted by atomic mass is 14.9. The third kappa shape index (κ3) is 2.72. The van der Waals surface area contributed by atoms with E-state index in [1.807, 2.05) is 12.4 Å². The van der Waals surface area contributed by atoms with E-state index in [1.165, 1.54) is 16.7 Å². The summed E-state index contributed by atoms with van der Waals surface area (Å²) in [5, 5.41) is 0. The molecule has 0 aliphatic carbocycles. The number of hydrogen-bond acceptors (Lipinski definition) is 1. The molecule has 0 bridgehead atoms. The average Bonchev–Trinajstić information content (AvgIpc) is 2.74. The minimum absolute atomic E-state index is 1.03. The van der Waals surface area contributed by atoms with E-state index in [9.17, 15) is 0 Å². The fourth-order valence-corrected chi connectivity index (χ4v) is 2.01. The van der Waals surface area contributed by atoms with Gasteiger partial charge in [-0.2, -0.15) is 0 Å². The van der Waals surface area contributed by atoms with Crippen molar-refractivity contribution in [1.82, 2.24) is 9.97 Å². The van der Waals surface area contributed by atoms with Crippen LogP contribution in [0.5, 0.6) is 0 Å². The van der Waals surface area contributed by atoms with E-state index >= 15 is 0 Å². The van der Waals surface area contributed by atoms with Crippen LogP contribution < -0.4 is 0 Å². The largest absolute Gasteiger partial charge is 0.349 e. The number of benzene rings is 1. The highest BCUT2D eigenvalue weighted by Crippen LogP contribution is 2.13. The zero-order chi connectivity index (χ0) is 11.4. The van der Waals surface area contributed by atoms with E-state index < -0.39 is 0 Å². The normalized spacial score (nSPS) is 10.6. The minimum atomic E-state index is 1.03. The first-order valence-electron chi connectivity index (χ1n) is 5.80. The number of imidazole rings is 1. The molecule has 0 aliphatic rings. The summed E-state index contributed by atoms with van der Waals surface area (Å²) in [7, 11) is 0. The predicted octanol–water partition coefficient (Wildman–Crippen LogP) is 3.20. The van der Waals surface area contributed by atoms with Gasteiger partial charge in [-0.05, 0) is 37.8 Å². The van der Waals surface area contributed by atoms with Gasteiger partial charge in [0.1, 0.15) is 5.82 Å². The van der Waals surface area contributed by atoms with Crippen molar-refractivity contribution in [2.24, 2.45) is 0 Å². The molecule has 0 radical (unpaired) electrons. The van der Waals surface area contributed by atoms with Gasteiger partial charge in [0, 0.05) is 18.8 Å². The summed E-state index contributed by atoms with van der Waals surface area (Å²) in [5.74, 6) is 1.09. The minimum Gasteiger partial charge on any atom is -0.349 e. The van der Waals surface area contributed by atoms with Crippen LogP contribution in [0.2, 0.25) is 0 Å². The number of nitrogens with one attached hydrogen (secondary N) is 1. The Labute approximate surface area is 96.7 Å². The second-order valence-electron chi connectivity index (χ2n) is 4.32. The molecule has 2 heteroatoms. The van der Waals surface area contributed by atoms with Crippen molar-refractivity contribution in [2.45, 2.75) is 33.1 Å². The van der Waals surface area contributed by atoms with Gasteiger partial charge >= 0.3 is 0 Å². The highest BCUT2D eigenvalue weighted by molar-refractivity contribution is 5.30. The van der Waals surface area contributed by atoms with E-state index in [2.05, 4.69) is 42.0 Å². The molecule has 16 heavy (non-hydrogen) atoms. The van der Waals surface area contributed by atoms with Gasteiger partial charge in [-0.1, -0.05) is 23.8 Å². The zero-order valence-corrected chi connectivity index (χ0v) is 9.96. The van der Waals surface area contributed by atoms with Crippen molar-refractivity contribution < 1.29 is 0 Å². The second kappa shape index (κ2) is 4.97. The Morgan fingerprint density at radius 3 is 2.75 bits per heavy atom. The number of aromatic nitrogens is 2. The number of aromatic amines is 1. The SMILES string of the molecule is Cc1ccc(CCCc2ncc[nH]2)c(C)c1. The van der Waals surface area contributed by atoms with Crippen LogP contribution in [0.3, 0.4) is 0 Å². The number of H-pyrrole nitrogens is 1. The van der Waals surface area contributed by atoms with Gasteiger partial charge in [-0.3, -0.25) is 0 Å². The summed E-state index contributed by atoms with van der Waals surface area (Å²) in [6.07, 6.45) is 7.00. The quantitative estimate of drug-likeness (QED) is 0.831. The van der Waals surface area contributed by atoms with Crippen LogP contribution in [-0.4, -0.2) is 9.97 Å². The van der Waals surface area contributed by atoms with Crippen LogP contribution in [0.4, 0.5) is 0 Å². The lowest BCUT2D eigenvalue weighted by atomic mass is 10.0. The molecule has 2 aromatic rings. The Hall–Kier alpha value is -1.57. The van der Waals surface area contributed by atoms with Crippen molar-refractivity contribution in [3.8, 4) is 0 Å². The molecule has 0 fully saturated rings. The molecule has 0 atom stereocenters. The second-order valence-corrected chi connectivity index (χ2v) is 4.32. The molecular formula is C14H18N2. The van der Waals surface area contributed by atoms with Crippen LogP contribution in [0.1, 0.15) is 28.9 Å². The Morgan fingerprint density at radius 1 is 1.19 bits per heavy atom. The van der Waals surface area contributed by atoms with Gasteiger partial charge in [0.25, 0.3) is 0 Å². The summed E-state index contributed by atoms with van der Waals surface area (Å²) in [6, 6.07) is 6.68. The topological polar surface area (TPSA) is 28.7 Å². The Balaban J connectivity index is 1.90. The lowest BCUT2D eigenvalue weighted by molar-refractivity contribution is 0.779. The first kappa shape index (κ1) is 10.9. The molecule has 0 unspecified atom stereocenters. The van der Waals surface area contributed by atoms with Crippen LogP contribution in [0.15, 0.2) is 30.6 Å². The molecule has 1 aromatic carbocycles. The van der Waals surface area contributed by atoms with Gasteiger partial charge in [0.2, 0.25) is 0 Å². The molecule has 0 spiro atoms. The van der Waals surface area contributed by atoms with E-state index in [-0.39, 0.29) is 0 Å². The van der Waals surface area contributed by atoms with Crippen molar-refractivity contribution in [3.05, 3.63) is 53.1 Å². The zero-order valence-electron chi connectivity index (χ0n) is 9.96. The van der Waals surface area contributed by atoms with Crippen molar-refractivity contribution in [1.29, 1.82) is 0 Å². The van der Waals surface area contributed by atoms with Crippen molar-refractivity contribution >= 4 is 0 Å². The monoisotopic (exact) mass is 214 g/mol. The lowest BCUT2D eigenvalue weighted by Gasteiger charge is -2.06. The van der Waals surface area contributed by atoms with Crippen molar-refractivity contribution in [3.63, 3.8) is 0 Å². The van der Waals surface area contributed by atoms with Crippen LogP contribution in [0, 0.1) is 13.8 Å². The Morgan fingerprint density at radius 2 is 2.06 bits per heavy atom. The molecule has 0 saturated carbocycles. The van der Waals surface area contributed by atoms with E-state index in [0.717, 1.165) is 25.1 Å². The smallest absolute Gasteiger partial charge is 0.106 e. The molecule has 2 nitrogen and oxygen atoms in total. The molecule has 0 saturated heterocycles. The summed E-state index contributed by atoms with van der Waals surface area (Å²) in [6.45, 7) is 4.33. The predicted molar refractivity (Wildman–Crippen MR) is 66.5 cm³/mol. The maximum absolute atomic E-state index is 4.23. The van der Waals surface area contributed by atoms with Crippen LogP contribution in [-0.2, 0) is 12.8 Å². The van der Waals surface area contributed by atoms with Gasteiger partial charge < -0.3 is 4.98 Å². The first-order valence-corrected chi connectivity index (χ1v) is 5.80. The van der Waals surface area contributed by atoms with E-state index in [0.29, 0.717) is 0 Å². The van der Waals surface area contributed by atoms with Gasteiger partial charge in [0.05, 0.1) is 0 Å². The fourth-order valence-electron chi connectivity index (χ4n) is 2.01. The van der Waals surface area contributed by atoms with Gasteiger partial charge in [-0.25, -0.2) is 4.98 Å². The van der Waals surface area contributed by atoms with Crippen molar-refractivity contribution in [2.75, 3.05) is 0 Å². The number of nitrogens with zero attached hydrogens (tertiary/aromatic N) is 1. The standard InChI is InChI=1S/C14H18N2/c1-11-6-7-13(12(2)10-11)4-3-5-14-15-8-9-16-14/h6-10H,3-5H2,1-2H3,(H,15,16). The van der Waals surface area contributed by atoms with E-state index in [1.54, 1.807) is 0 Å². The summed E-state index contributed by atoms with van der Waals surface area (Å²) in [4.78, 5) is 7.36. The molecule has 1 N–H and O–H groups in total. The third-order valence-electron chi connectivity index (χ3n) is 2.91. The average molecular weight is 214 g/mol. The maximum Gasteiger partial charge on any atom is 0.106 e. The molecule has 84 valence electrons. The highest BCUT2D eigenvalue weighted by Gasteiger charge is 2.00. The fraction of sp³-hybridized carbons (Fsp3) is 0.357.